The zero-order valence-corrected chi connectivity index (χ0v) is 18.9. The van der Waals surface area contributed by atoms with Crippen molar-refractivity contribution in [3.63, 3.8) is 0 Å². The molecule has 1 saturated carbocycles. The van der Waals surface area contributed by atoms with E-state index in [4.69, 9.17) is 4.74 Å². The average Bonchev–Trinajstić information content (AvgIpc) is 3.15. The molecule has 1 heterocycles. The summed E-state index contributed by atoms with van der Waals surface area (Å²) in [5, 5.41) is 3.18. The molecule has 2 aromatic rings. The van der Waals surface area contributed by atoms with E-state index in [1.165, 1.54) is 44.3 Å². The van der Waals surface area contributed by atoms with Crippen LogP contribution in [0.2, 0.25) is 0 Å². The number of rotatable bonds is 7. The molecule has 2 aliphatic rings. The highest BCUT2D eigenvalue weighted by Crippen LogP contribution is 2.42. The molecular formula is C27H36N2O2. The van der Waals surface area contributed by atoms with E-state index in [9.17, 15) is 4.79 Å². The van der Waals surface area contributed by atoms with Crippen molar-refractivity contribution in [2.75, 3.05) is 31.6 Å². The molecule has 0 aromatic heterocycles. The van der Waals surface area contributed by atoms with Crippen molar-refractivity contribution in [1.82, 2.24) is 4.90 Å². The summed E-state index contributed by atoms with van der Waals surface area (Å²) in [5.41, 5.74) is 2.78. The summed E-state index contributed by atoms with van der Waals surface area (Å²) in [6, 6.07) is 16.3. The van der Waals surface area contributed by atoms with Crippen LogP contribution >= 0.6 is 0 Å². The van der Waals surface area contributed by atoms with E-state index in [1.807, 2.05) is 24.3 Å². The van der Waals surface area contributed by atoms with Crippen molar-refractivity contribution < 1.29 is 9.53 Å². The number of nitrogens with zero attached hydrogens (tertiary/aromatic N) is 1. The highest BCUT2D eigenvalue weighted by molar-refractivity contribution is 5.99. The Kier molecular flexibility index (Phi) is 7.29. The Labute approximate surface area is 187 Å². The van der Waals surface area contributed by atoms with Gasteiger partial charge in [0, 0.05) is 12.2 Å². The van der Waals surface area contributed by atoms with Gasteiger partial charge in [0.1, 0.15) is 12.4 Å². The Morgan fingerprint density at radius 3 is 2.35 bits per heavy atom. The van der Waals surface area contributed by atoms with Crippen LogP contribution in [0.3, 0.4) is 0 Å². The molecule has 0 radical (unpaired) electrons. The highest BCUT2D eigenvalue weighted by Gasteiger charge is 2.42. The second-order valence-electron chi connectivity index (χ2n) is 9.24. The van der Waals surface area contributed by atoms with Crippen molar-refractivity contribution >= 4 is 11.6 Å². The number of ether oxygens (including phenoxy) is 1. The molecular weight excluding hydrogens is 384 g/mol. The molecule has 0 bridgehead atoms. The van der Waals surface area contributed by atoms with Crippen LogP contribution < -0.4 is 10.1 Å². The van der Waals surface area contributed by atoms with Crippen LogP contribution in [0.25, 0.3) is 0 Å². The van der Waals surface area contributed by atoms with E-state index in [2.05, 4.69) is 41.4 Å². The quantitative estimate of drug-likeness (QED) is 0.625. The molecule has 0 spiro atoms. The maximum atomic E-state index is 13.4. The Morgan fingerprint density at radius 1 is 0.968 bits per heavy atom. The molecule has 4 nitrogen and oxygen atoms in total. The van der Waals surface area contributed by atoms with E-state index in [1.54, 1.807) is 0 Å². The summed E-state index contributed by atoms with van der Waals surface area (Å²) in [7, 11) is 0. The summed E-state index contributed by atoms with van der Waals surface area (Å²) < 4.78 is 5.96. The number of carbonyl (C=O) groups is 1. The normalized spacial score (nSPS) is 19.0. The summed E-state index contributed by atoms with van der Waals surface area (Å²) in [5.74, 6) is 0.979. The van der Waals surface area contributed by atoms with Crippen LogP contribution in [0, 0.1) is 6.92 Å². The zero-order valence-electron chi connectivity index (χ0n) is 18.9. The standard InChI is InChI=1S/C27H36N2O2/c1-22-9-8-10-23(21-22)27(15-4-5-16-27)26(30)28-24-11-13-25(14-12-24)31-20-19-29-17-6-2-3-7-18-29/h8-14,21H,2-7,15-20H2,1H3,(H,28,30). The lowest BCUT2D eigenvalue weighted by molar-refractivity contribution is -0.121. The van der Waals surface area contributed by atoms with Crippen LogP contribution in [-0.4, -0.2) is 37.0 Å². The van der Waals surface area contributed by atoms with E-state index >= 15 is 0 Å². The Hall–Kier alpha value is -2.33. The van der Waals surface area contributed by atoms with Gasteiger partial charge in [-0.15, -0.1) is 0 Å². The Balaban J connectivity index is 1.34. The van der Waals surface area contributed by atoms with Gasteiger partial charge in [0.25, 0.3) is 0 Å². The number of hydrogen-bond donors (Lipinski definition) is 1. The number of likely N-dealkylation sites (tertiary alicyclic amines) is 1. The van der Waals surface area contributed by atoms with Crippen molar-refractivity contribution in [3.05, 3.63) is 59.7 Å². The summed E-state index contributed by atoms with van der Waals surface area (Å²) in [4.78, 5) is 15.9. The molecule has 31 heavy (non-hydrogen) atoms. The van der Waals surface area contributed by atoms with E-state index in [0.717, 1.165) is 49.2 Å². The lowest BCUT2D eigenvalue weighted by atomic mass is 9.77. The number of benzene rings is 2. The first-order valence-corrected chi connectivity index (χ1v) is 12.0. The highest BCUT2D eigenvalue weighted by atomic mass is 16.5. The van der Waals surface area contributed by atoms with E-state index in [-0.39, 0.29) is 5.91 Å². The Bertz CT molecular complexity index is 848. The van der Waals surface area contributed by atoms with E-state index < -0.39 is 5.41 Å². The fourth-order valence-electron chi connectivity index (χ4n) is 5.11. The minimum atomic E-state index is -0.408. The first-order valence-electron chi connectivity index (χ1n) is 12.0. The van der Waals surface area contributed by atoms with Crippen molar-refractivity contribution in [2.45, 2.75) is 63.7 Å². The SMILES string of the molecule is Cc1cccc(C2(C(=O)Nc3ccc(OCCN4CCCCCC4)cc3)CCCC2)c1. The lowest BCUT2D eigenvalue weighted by Gasteiger charge is -2.28. The summed E-state index contributed by atoms with van der Waals surface area (Å²) >= 11 is 0. The zero-order chi connectivity index (χ0) is 21.5. The predicted molar refractivity (Wildman–Crippen MR) is 127 cm³/mol. The number of carbonyl (C=O) groups excluding carboxylic acids is 1. The third-order valence-electron chi connectivity index (χ3n) is 6.95. The Morgan fingerprint density at radius 2 is 1.68 bits per heavy atom. The number of aryl methyl sites for hydroxylation is 1. The topological polar surface area (TPSA) is 41.6 Å². The molecule has 4 rings (SSSR count). The number of nitrogens with one attached hydrogen (secondary N) is 1. The van der Waals surface area contributed by atoms with E-state index in [0.29, 0.717) is 6.61 Å². The van der Waals surface area contributed by atoms with Crippen LogP contribution in [0.1, 0.15) is 62.5 Å². The summed E-state index contributed by atoms with van der Waals surface area (Å²) in [6.45, 7) is 6.17. The molecule has 1 aliphatic heterocycles. The molecule has 0 unspecified atom stereocenters. The largest absolute Gasteiger partial charge is 0.492 e. The van der Waals surface area contributed by atoms with Gasteiger partial charge < -0.3 is 10.1 Å². The molecule has 1 aliphatic carbocycles. The van der Waals surface area contributed by atoms with Gasteiger partial charge in [0.2, 0.25) is 5.91 Å². The van der Waals surface area contributed by atoms with Gasteiger partial charge in [0.15, 0.2) is 0 Å². The fourth-order valence-corrected chi connectivity index (χ4v) is 5.11. The van der Waals surface area contributed by atoms with Crippen LogP contribution in [0.4, 0.5) is 5.69 Å². The van der Waals surface area contributed by atoms with Gasteiger partial charge in [-0.25, -0.2) is 0 Å². The molecule has 2 fully saturated rings. The van der Waals surface area contributed by atoms with Gasteiger partial charge in [0.05, 0.1) is 5.41 Å². The van der Waals surface area contributed by atoms with Gasteiger partial charge in [-0.3, -0.25) is 9.69 Å². The molecule has 4 heteroatoms. The third kappa shape index (κ3) is 5.48. The minimum Gasteiger partial charge on any atom is -0.492 e. The minimum absolute atomic E-state index is 0.116. The van der Waals surface area contributed by atoms with Crippen molar-refractivity contribution in [2.24, 2.45) is 0 Å². The molecule has 0 atom stereocenters. The smallest absolute Gasteiger partial charge is 0.235 e. The maximum Gasteiger partial charge on any atom is 0.235 e. The number of amides is 1. The summed E-state index contributed by atoms with van der Waals surface area (Å²) in [6.07, 6.45) is 9.36. The molecule has 1 saturated heterocycles. The van der Waals surface area contributed by atoms with Gasteiger partial charge >= 0.3 is 0 Å². The van der Waals surface area contributed by atoms with Crippen molar-refractivity contribution in [1.29, 1.82) is 0 Å². The predicted octanol–water partition coefficient (Wildman–Crippen LogP) is 5.70. The first-order chi connectivity index (χ1) is 15.2. The molecule has 166 valence electrons. The lowest BCUT2D eigenvalue weighted by Crippen LogP contribution is -2.38. The average molecular weight is 421 g/mol. The van der Waals surface area contributed by atoms with Crippen LogP contribution in [0.5, 0.6) is 5.75 Å². The molecule has 1 amide bonds. The third-order valence-corrected chi connectivity index (χ3v) is 6.95. The molecule has 1 N–H and O–H groups in total. The second kappa shape index (κ2) is 10.3. The number of hydrogen-bond acceptors (Lipinski definition) is 3. The second-order valence-corrected chi connectivity index (χ2v) is 9.24. The fraction of sp³-hybridized carbons (Fsp3) is 0.519. The monoisotopic (exact) mass is 420 g/mol. The van der Waals surface area contributed by atoms with Crippen molar-refractivity contribution in [3.8, 4) is 5.75 Å². The first kappa shape index (κ1) is 21.9. The van der Waals surface area contributed by atoms with Gasteiger partial charge in [-0.2, -0.15) is 0 Å². The van der Waals surface area contributed by atoms with Gasteiger partial charge in [-0.05, 0) is 75.5 Å². The van der Waals surface area contributed by atoms with Crippen LogP contribution in [-0.2, 0) is 10.2 Å². The van der Waals surface area contributed by atoms with Gasteiger partial charge in [-0.1, -0.05) is 55.5 Å². The van der Waals surface area contributed by atoms with Crippen LogP contribution in [0.15, 0.2) is 48.5 Å². The number of anilines is 1. The molecule has 2 aromatic carbocycles. The maximum absolute atomic E-state index is 13.4.